The third kappa shape index (κ3) is 4.73. The first-order valence-corrected chi connectivity index (χ1v) is 10.2. The molecule has 3 N–H and O–H groups in total. The zero-order valence-corrected chi connectivity index (χ0v) is 16.9. The summed E-state index contributed by atoms with van der Waals surface area (Å²) in [7, 11) is 0. The van der Waals surface area contributed by atoms with Crippen molar-refractivity contribution in [3.05, 3.63) is 89.7 Å². The molecule has 0 saturated carbocycles. The van der Waals surface area contributed by atoms with Gasteiger partial charge < -0.3 is 15.6 Å². The van der Waals surface area contributed by atoms with Crippen LogP contribution in [-0.2, 0) is 19.5 Å². The van der Waals surface area contributed by atoms with E-state index in [9.17, 15) is 0 Å². The van der Waals surface area contributed by atoms with Gasteiger partial charge in [-0.3, -0.25) is 0 Å². The number of benzene rings is 3. The van der Waals surface area contributed by atoms with Gasteiger partial charge in [-0.15, -0.1) is 0 Å². The largest absolute Gasteiger partial charge is 0.330 e. The van der Waals surface area contributed by atoms with E-state index in [1.54, 1.807) is 0 Å². The van der Waals surface area contributed by atoms with Crippen molar-refractivity contribution in [3.8, 4) is 11.1 Å². The second-order valence-corrected chi connectivity index (χ2v) is 7.54. The van der Waals surface area contributed by atoms with Crippen LogP contribution in [0.3, 0.4) is 0 Å². The predicted octanol–water partition coefficient (Wildman–Crippen LogP) is 4.30. The van der Waals surface area contributed by atoms with E-state index < -0.39 is 0 Å². The van der Waals surface area contributed by atoms with Crippen LogP contribution >= 0.6 is 0 Å². The van der Waals surface area contributed by atoms with Crippen LogP contribution < -0.4 is 11.1 Å². The molecule has 0 aliphatic heterocycles. The first kappa shape index (κ1) is 19.4. The second kappa shape index (κ2) is 9.03. The lowest BCUT2D eigenvalue weighted by Crippen LogP contribution is -2.21. The minimum absolute atomic E-state index is 0.662. The molecule has 4 rings (SSSR count). The number of nitrogens with two attached hydrogens (primary N) is 1. The molecule has 0 spiro atoms. The molecule has 1 aromatic heterocycles. The van der Waals surface area contributed by atoms with Crippen molar-refractivity contribution in [2.24, 2.45) is 5.73 Å². The van der Waals surface area contributed by atoms with Crippen LogP contribution in [0.5, 0.6) is 0 Å². The number of aromatic nitrogens is 2. The second-order valence-electron chi connectivity index (χ2n) is 7.54. The maximum absolute atomic E-state index is 5.53. The summed E-state index contributed by atoms with van der Waals surface area (Å²) in [5, 5.41) is 3.33. The average Bonchev–Trinajstić information content (AvgIpc) is 3.15. The molecule has 0 atom stereocenters. The maximum Gasteiger partial charge on any atom is 0.0958 e. The minimum Gasteiger partial charge on any atom is -0.330 e. The molecule has 1 heterocycles. The van der Waals surface area contributed by atoms with E-state index in [-0.39, 0.29) is 0 Å². The van der Waals surface area contributed by atoms with E-state index in [1.807, 2.05) is 6.33 Å². The van der Waals surface area contributed by atoms with Crippen LogP contribution in [0, 0.1) is 6.92 Å². The van der Waals surface area contributed by atoms with Crippen molar-refractivity contribution in [2.45, 2.75) is 26.4 Å². The lowest BCUT2D eigenvalue weighted by molar-refractivity contribution is 0.695. The highest BCUT2D eigenvalue weighted by Crippen LogP contribution is 2.25. The van der Waals surface area contributed by atoms with Crippen LogP contribution in [0.15, 0.2) is 73.1 Å². The van der Waals surface area contributed by atoms with Gasteiger partial charge in [0.05, 0.1) is 17.4 Å². The molecular weight excluding hydrogens is 356 g/mol. The number of imidazole rings is 1. The zero-order chi connectivity index (χ0) is 20.1. The minimum atomic E-state index is 0.662. The molecule has 148 valence electrons. The third-order valence-electron chi connectivity index (χ3n) is 5.28. The molecule has 4 aromatic rings. The van der Waals surface area contributed by atoms with E-state index in [0.717, 1.165) is 31.6 Å². The van der Waals surface area contributed by atoms with Crippen molar-refractivity contribution in [1.82, 2.24) is 14.9 Å². The van der Waals surface area contributed by atoms with Crippen LogP contribution in [0.2, 0.25) is 0 Å². The molecule has 0 unspecified atom stereocenters. The summed E-state index contributed by atoms with van der Waals surface area (Å²) in [6, 6.07) is 24.0. The molecule has 0 aliphatic rings. The summed E-state index contributed by atoms with van der Waals surface area (Å²) in [5.41, 5.74) is 14.1. The Kier molecular flexibility index (Phi) is 6.03. The smallest absolute Gasteiger partial charge is 0.0958 e. The predicted molar refractivity (Wildman–Crippen MR) is 121 cm³/mol. The van der Waals surface area contributed by atoms with E-state index in [0.29, 0.717) is 6.54 Å². The van der Waals surface area contributed by atoms with Gasteiger partial charge in [-0.2, -0.15) is 0 Å². The summed E-state index contributed by atoms with van der Waals surface area (Å²) in [6.45, 7) is 5.42. The summed E-state index contributed by atoms with van der Waals surface area (Å²) >= 11 is 0. The Morgan fingerprint density at radius 1 is 0.931 bits per heavy atom. The van der Waals surface area contributed by atoms with Crippen LogP contribution in [0.4, 0.5) is 0 Å². The summed E-state index contributed by atoms with van der Waals surface area (Å²) in [4.78, 5) is 4.58. The fraction of sp³-hybridized carbons (Fsp3) is 0.240. The lowest BCUT2D eigenvalue weighted by Gasteiger charge is -2.08. The highest BCUT2D eigenvalue weighted by atomic mass is 15.0. The normalized spacial score (nSPS) is 11.2. The number of aryl methyl sites for hydroxylation is 3. The van der Waals surface area contributed by atoms with Gasteiger partial charge in [-0.05, 0) is 47.7 Å². The Bertz CT molecular complexity index is 1080. The number of hydrogen-bond donors (Lipinski definition) is 2. The van der Waals surface area contributed by atoms with E-state index in [1.165, 1.54) is 33.3 Å². The van der Waals surface area contributed by atoms with Crippen molar-refractivity contribution in [2.75, 3.05) is 13.1 Å². The topological polar surface area (TPSA) is 55.9 Å². The van der Waals surface area contributed by atoms with Gasteiger partial charge in [0.25, 0.3) is 0 Å². The SMILES string of the molecule is Cc1cccc(CCn2cnc3ccc(-c4ccc(CNCCN)cc4)cc32)c1. The maximum atomic E-state index is 5.53. The first-order chi connectivity index (χ1) is 14.2. The molecule has 0 fully saturated rings. The van der Waals surface area contributed by atoms with Crippen molar-refractivity contribution in [1.29, 1.82) is 0 Å². The Labute approximate surface area is 172 Å². The average molecular weight is 385 g/mol. The van der Waals surface area contributed by atoms with Gasteiger partial charge in [0.2, 0.25) is 0 Å². The van der Waals surface area contributed by atoms with Crippen molar-refractivity contribution >= 4 is 11.0 Å². The summed E-state index contributed by atoms with van der Waals surface area (Å²) in [5.74, 6) is 0. The highest BCUT2D eigenvalue weighted by molar-refractivity contribution is 5.82. The Morgan fingerprint density at radius 2 is 1.76 bits per heavy atom. The first-order valence-electron chi connectivity index (χ1n) is 10.2. The van der Waals surface area contributed by atoms with Gasteiger partial charge in [-0.25, -0.2) is 4.98 Å². The monoisotopic (exact) mass is 384 g/mol. The van der Waals surface area contributed by atoms with Crippen LogP contribution in [-0.4, -0.2) is 22.6 Å². The van der Waals surface area contributed by atoms with Gasteiger partial charge >= 0.3 is 0 Å². The molecule has 0 aliphatic carbocycles. The molecule has 0 radical (unpaired) electrons. The Hall–Kier alpha value is -2.95. The summed E-state index contributed by atoms with van der Waals surface area (Å²) in [6.07, 6.45) is 2.96. The van der Waals surface area contributed by atoms with E-state index in [2.05, 4.69) is 88.5 Å². The zero-order valence-electron chi connectivity index (χ0n) is 16.9. The van der Waals surface area contributed by atoms with Crippen molar-refractivity contribution in [3.63, 3.8) is 0 Å². The molecule has 29 heavy (non-hydrogen) atoms. The van der Waals surface area contributed by atoms with E-state index in [4.69, 9.17) is 5.73 Å². The molecule has 0 bridgehead atoms. The fourth-order valence-corrected chi connectivity index (χ4v) is 3.68. The van der Waals surface area contributed by atoms with Gasteiger partial charge in [0.15, 0.2) is 0 Å². The third-order valence-corrected chi connectivity index (χ3v) is 5.28. The Morgan fingerprint density at radius 3 is 2.55 bits per heavy atom. The number of fused-ring (bicyclic) bond motifs is 1. The number of rotatable bonds is 8. The molecule has 3 aromatic carbocycles. The quantitative estimate of drug-likeness (QED) is 0.445. The molecule has 0 amide bonds. The highest BCUT2D eigenvalue weighted by Gasteiger charge is 2.06. The lowest BCUT2D eigenvalue weighted by atomic mass is 10.0. The van der Waals surface area contributed by atoms with Gasteiger partial charge in [0, 0.05) is 26.2 Å². The van der Waals surface area contributed by atoms with Crippen LogP contribution in [0.1, 0.15) is 16.7 Å². The van der Waals surface area contributed by atoms with Gasteiger partial charge in [0.1, 0.15) is 0 Å². The number of nitrogens with zero attached hydrogens (tertiary/aromatic N) is 2. The Balaban J connectivity index is 1.52. The molecule has 0 saturated heterocycles. The standard InChI is InChI=1S/C25H28N4/c1-19-3-2-4-20(15-19)11-14-29-18-28-24-10-9-23(16-25(24)29)22-7-5-21(6-8-22)17-27-13-12-26/h2-10,15-16,18,27H,11-14,17,26H2,1H3. The molecular formula is C25H28N4. The van der Waals surface area contributed by atoms with E-state index >= 15 is 0 Å². The fourth-order valence-electron chi connectivity index (χ4n) is 3.68. The number of hydrogen-bond acceptors (Lipinski definition) is 3. The number of nitrogens with one attached hydrogen (secondary N) is 1. The molecule has 4 heteroatoms. The molecule has 4 nitrogen and oxygen atoms in total. The van der Waals surface area contributed by atoms with Gasteiger partial charge in [-0.1, -0.05) is 60.2 Å². The van der Waals surface area contributed by atoms with Crippen molar-refractivity contribution < 1.29 is 0 Å². The summed E-state index contributed by atoms with van der Waals surface area (Å²) < 4.78 is 2.26. The van der Waals surface area contributed by atoms with Crippen LogP contribution in [0.25, 0.3) is 22.2 Å².